The molecule has 0 spiro atoms. The zero-order valence-corrected chi connectivity index (χ0v) is 13.3. The molecule has 2 nitrogen and oxygen atoms in total. The summed E-state index contributed by atoms with van der Waals surface area (Å²) in [5.74, 6) is 0. The van der Waals surface area contributed by atoms with E-state index in [-0.39, 0.29) is 6.04 Å². The Kier molecular flexibility index (Phi) is 6.72. The fourth-order valence-electron chi connectivity index (χ4n) is 2.13. The maximum atomic E-state index is 5.92. The van der Waals surface area contributed by atoms with Gasteiger partial charge in [0, 0.05) is 29.8 Å². The van der Waals surface area contributed by atoms with Crippen LogP contribution >= 0.6 is 15.9 Å². The van der Waals surface area contributed by atoms with Crippen LogP contribution in [0.5, 0.6) is 0 Å². The van der Waals surface area contributed by atoms with Gasteiger partial charge >= 0.3 is 0 Å². The van der Waals surface area contributed by atoms with Crippen molar-refractivity contribution in [3.63, 3.8) is 0 Å². The van der Waals surface area contributed by atoms with E-state index in [4.69, 9.17) is 5.73 Å². The lowest BCUT2D eigenvalue weighted by molar-refractivity contribution is 0.697. The molecule has 0 aliphatic carbocycles. The molecule has 0 aliphatic rings. The molecule has 0 fully saturated rings. The smallest absolute Gasteiger partial charge is 0.0408 e. The van der Waals surface area contributed by atoms with Gasteiger partial charge in [0.05, 0.1) is 0 Å². The Morgan fingerprint density at radius 2 is 2.06 bits per heavy atom. The van der Waals surface area contributed by atoms with Gasteiger partial charge in [-0.05, 0) is 37.5 Å². The molecule has 1 atom stereocenters. The van der Waals surface area contributed by atoms with E-state index in [1.54, 1.807) is 0 Å². The van der Waals surface area contributed by atoms with Crippen molar-refractivity contribution < 1.29 is 0 Å². The van der Waals surface area contributed by atoms with E-state index >= 15 is 0 Å². The largest absolute Gasteiger partial charge is 0.374 e. The summed E-state index contributed by atoms with van der Waals surface area (Å²) < 4.78 is 1.13. The Labute approximate surface area is 120 Å². The predicted octanol–water partition coefficient (Wildman–Crippen LogP) is 3.97. The maximum absolute atomic E-state index is 5.92. The lowest BCUT2D eigenvalue weighted by Gasteiger charge is -2.23. The SMILES string of the molecule is CCCCCN(C)c1cc(Br)ccc1CC(C)N. The first kappa shape index (κ1) is 15.5. The first-order valence-corrected chi connectivity index (χ1v) is 7.59. The third kappa shape index (κ3) is 4.99. The molecule has 0 saturated carbocycles. The third-order valence-electron chi connectivity index (χ3n) is 3.10. The molecule has 1 rings (SSSR count). The van der Waals surface area contributed by atoms with Crippen LogP contribution in [0.2, 0.25) is 0 Å². The molecule has 1 aromatic rings. The van der Waals surface area contributed by atoms with Gasteiger partial charge in [0.25, 0.3) is 0 Å². The minimum Gasteiger partial charge on any atom is -0.374 e. The predicted molar refractivity (Wildman–Crippen MR) is 84.3 cm³/mol. The Morgan fingerprint density at radius 3 is 2.67 bits per heavy atom. The van der Waals surface area contributed by atoms with E-state index < -0.39 is 0 Å². The van der Waals surface area contributed by atoms with Crippen molar-refractivity contribution >= 4 is 21.6 Å². The van der Waals surface area contributed by atoms with Crippen LogP contribution in [0.15, 0.2) is 22.7 Å². The summed E-state index contributed by atoms with van der Waals surface area (Å²) in [6.07, 6.45) is 4.73. The van der Waals surface area contributed by atoms with Crippen molar-refractivity contribution in [3.8, 4) is 0 Å². The Bertz CT molecular complexity index is 364. The number of rotatable bonds is 7. The first-order chi connectivity index (χ1) is 8.54. The Hall–Kier alpha value is -0.540. The molecule has 0 radical (unpaired) electrons. The number of hydrogen-bond acceptors (Lipinski definition) is 2. The zero-order chi connectivity index (χ0) is 13.5. The fourth-order valence-corrected chi connectivity index (χ4v) is 2.48. The van der Waals surface area contributed by atoms with Crippen molar-refractivity contribution in [1.82, 2.24) is 0 Å². The van der Waals surface area contributed by atoms with Gasteiger partial charge in [-0.25, -0.2) is 0 Å². The van der Waals surface area contributed by atoms with Crippen molar-refractivity contribution in [2.75, 3.05) is 18.5 Å². The average molecular weight is 313 g/mol. The monoisotopic (exact) mass is 312 g/mol. The zero-order valence-electron chi connectivity index (χ0n) is 11.7. The van der Waals surface area contributed by atoms with Crippen LogP contribution in [0.25, 0.3) is 0 Å². The van der Waals surface area contributed by atoms with Crippen LogP contribution in [0.4, 0.5) is 5.69 Å². The van der Waals surface area contributed by atoms with E-state index in [9.17, 15) is 0 Å². The summed E-state index contributed by atoms with van der Waals surface area (Å²) in [6, 6.07) is 6.68. The summed E-state index contributed by atoms with van der Waals surface area (Å²) in [7, 11) is 2.17. The number of halogens is 1. The van der Waals surface area contributed by atoms with E-state index in [2.05, 4.69) is 59.9 Å². The molecule has 1 unspecified atom stereocenters. The van der Waals surface area contributed by atoms with E-state index in [1.807, 2.05) is 0 Å². The van der Waals surface area contributed by atoms with Gasteiger partial charge in [0.2, 0.25) is 0 Å². The first-order valence-electron chi connectivity index (χ1n) is 6.79. The molecule has 102 valence electrons. The molecule has 0 amide bonds. The fraction of sp³-hybridized carbons (Fsp3) is 0.600. The summed E-state index contributed by atoms with van der Waals surface area (Å²) in [4.78, 5) is 2.35. The van der Waals surface area contributed by atoms with Gasteiger partial charge in [0.15, 0.2) is 0 Å². The highest BCUT2D eigenvalue weighted by atomic mass is 79.9. The van der Waals surface area contributed by atoms with Crippen LogP contribution in [-0.4, -0.2) is 19.6 Å². The number of anilines is 1. The third-order valence-corrected chi connectivity index (χ3v) is 3.59. The molecule has 0 aromatic heterocycles. The molecule has 0 aliphatic heterocycles. The highest BCUT2D eigenvalue weighted by molar-refractivity contribution is 9.10. The van der Waals surface area contributed by atoms with E-state index in [0.29, 0.717) is 0 Å². The van der Waals surface area contributed by atoms with Gasteiger partial charge < -0.3 is 10.6 Å². The topological polar surface area (TPSA) is 29.3 Å². The van der Waals surface area contributed by atoms with Crippen LogP contribution in [0, 0.1) is 0 Å². The summed E-state index contributed by atoms with van der Waals surface area (Å²) in [6.45, 7) is 5.40. The Balaban J connectivity index is 2.79. The van der Waals surface area contributed by atoms with Gasteiger partial charge in [-0.3, -0.25) is 0 Å². The minimum absolute atomic E-state index is 0.203. The van der Waals surface area contributed by atoms with Crippen molar-refractivity contribution in [3.05, 3.63) is 28.2 Å². The molecular formula is C15H25BrN2. The maximum Gasteiger partial charge on any atom is 0.0408 e. The highest BCUT2D eigenvalue weighted by Crippen LogP contribution is 2.25. The minimum atomic E-state index is 0.203. The van der Waals surface area contributed by atoms with Crippen LogP contribution in [0.3, 0.4) is 0 Å². The lowest BCUT2D eigenvalue weighted by atomic mass is 10.0. The normalized spacial score (nSPS) is 12.5. The molecule has 0 heterocycles. The molecule has 0 saturated heterocycles. The summed E-state index contributed by atoms with van der Waals surface area (Å²) in [5, 5.41) is 0. The number of benzene rings is 1. The number of unbranched alkanes of at least 4 members (excludes halogenated alkanes) is 2. The molecule has 3 heteroatoms. The summed E-state index contributed by atoms with van der Waals surface area (Å²) >= 11 is 3.55. The second kappa shape index (κ2) is 7.80. The Morgan fingerprint density at radius 1 is 1.33 bits per heavy atom. The van der Waals surface area contributed by atoms with E-state index in [0.717, 1.165) is 17.4 Å². The molecule has 1 aromatic carbocycles. The van der Waals surface area contributed by atoms with Crippen LogP contribution in [0.1, 0.15) is 38.7 Å². The molecule has 18 heavy (non-hydrogen) atoms. The second-order valence-corrected chi connectivity index (χ2v) is 6.00. The van der Waals surface area contributed by atoms with Crippen molar-refractivity contribution in [1.29, 1.82) is 0 Å². The van der Waals surface area contributed by atoms with Gasteiger partial charge in [-0.15, -0.1) is 0 Å². The number of hydrogen-bond donors (Lipinski definition) is 1. The van der Waals surface area contributed by atoms with Crippen LogP contribution in [-0.2, 0) is 6.42 Å². The molecule has 2 N–H and O–H groups in total. The van der Waals surface area contributed by atoms with Crippen LogP contribution < -0.4 is 10.6 Å². The average Bonchev–Trinajstić information content (AvgIpc) is 2.31. The van der Waals surface area contributed by atoms with Crippen molar-refractivity contribution in [2.24, 2.45) is 5.73 Å². The second-order valence-electron chi connectivity index (χ2n) is 5.08. The number of nitrogens with zero attached hydrogens (tertiary/aromatic N) is 1. The van der Waals surface area contributed by atoms with E-state index in [1.165, 1.54) is 30.5 Å². The van der Waals surface area contributed by atoms with Gasteiger partial charge in [-0.1, -0.05) is 41.8 Å². The van der Waals surface area contributed by atoms with Crippen molar-refractivity contribution in [2.45, 2.75) is 45.6 Å². The van der Waals surface area contributed by atoms with Gasteiger partial charge in [0.1, 0.15) is 0 Å². The van der Waals surface area contributed by atoms with Gasteiger partial charge in [-0.2, -0.15) is 0 Å². The highest BCUT2D eigenvalue weighted by Gasteiger charge is 2.09. The lowest BCUT2D eigenvalue weighted by Crippen LogP contribution is -2.23. The number of nitrogens with two attached hydrogens (primary N) is 1. The molecule has 0 bridgehead atoms. The summed E-state index contributed by atoms with van der Waals surface area (Å²) in [5.41, 5.74) is 8.57. The molecular weight excluding hydrogens is 288 g/mol. The quantitative estimate of drug-likeness (QED) is 0.772. The standard InChI is InChI=1S/C15H25BrN2/c1-4-5-6-9-18(3)15-11-14(16)8-7-13(15)10-12(2)17/h7-8,11-12H,4-6,9-10,17H2,1-3H3.